The largest absolute Gasteiger partial charge is 0.390 e. The summed E-state index contributed by atoms with van der Waals surface area (Å²) in [5.41, 5.74) is 10.0. The predicted molar refractivity (Wildman–Crippen MR) is 247 cm³/mol. The Kier molecular flexibility index (Phi) is 8.67. The van der Waals surface area contributed by atoms with E-state index >= 15 is 0 Å². The van der Waals surface area contributed by atoms with Gasteiger partial charge in [0.2, 0.25) is 0 Å². The highest BCUT2D eigenvalue weighted by atomic mass is 16.3. The molecule has 64 heavy (non-hydrogen) atoms. The first kappa shape index (κ1) is 39.3. The van der Waals surface area contributed by atoms with Crippen LogP contribution in [0.5, 0.6) is 0 Å². The molecule has 5 aliphatic rings. The van der Waals surface area contributed by atoms with Crippen LogP contribution < -0.4 is 11.1 Å². The first-order valence-corrected chi connectivity index (χ1v) is 23.2. The van der Waals surface area contributed by atoms with E-state index in [9.17, 15) is 14.7 Å². The van der Waals surface area contributed by atoms with Crippen molar-refractivity contribution >= 4 is 21.8 Å². The second-order valence-corrected chi connectivity index (χ2v) is 20.3. The van der Waals surface area contributed by atoms with Gasteiger partial charge in [-0.1, -0.05) is 31.2 Å². The maximum atomic E-state index is 13.5. The van der Waals surface area contributed by atoms with Crippen LogP contribution >= 0.6 is 0 Å². The third-order valence-corrected chi connectivity index (χ3v) is 15.5. The maximum Gasteiger partial charge on any atom is 0.279 e. The molecule has 5 aliphatic carbocycles. The Morgan fingerprint density at radius 1 is 0.750 bits per heavy atom. The Morgan fingerprint density at radius 2 is 1.38 bits per heavy atom. The lowest BCUT2D eigenvalue weighted by molar-refractivity contribution is 0.145. The summed E-state index contributed by atoms with van der Waals surface area (Å²) in [5, 5.41) is 20.2. The number of aryl methyl sites for hydroxylation is 3. The lowest BCUT2D eigenvalue weighted by atomic mass is 9.56. The van der Waals surface area contributed by atoms with Crippen LogP contribution in [0, 0.1) is 18.3 Å². The fourth-order valence-electron chi connectivity index (χ4n) is 12.0. The number of rotatable bonds is 9. The van der Waals surface area contributed by atoms with Crippen molar-refractivity contribution in [3.05, 3.63) is 158 Å². The summed E-state index contributed by atoms with van der Waals surface area (Å²) in [6, 6.07) is 20.9. The first-order valence-electron chi connectivity index (χ1n) is 23.2. The van der Waals surface area contributed by atoms with Crippen molar-refractivity contribution in [1.82, 2.24) is 43.4 Å². The van der Waals surface area contributed by atoms with Crippen LogP contribution in [-0.4, -0.2) is 48.5 Å². The van der Waals surface area contributed by atoms with Gasteiger partial charge in [0.05, 0.1) is 23.1 Å². The van der Waals surface area contributed by atoms with E-state index in [-0.39, 0.29) is 28.6 Å². The molecule has 0 radical (unpaired) electrons. The van der Waals surface area contributed by atoms with Gasteiger partial charge in [0.25, 0.3) is 11.1 Å². The number of H-pyrrole nitrogens is 2. The number of fused-ring (bicyclic) bond motifs is 2. The van der Waals surface area contributed by atoms with Crippen LogP contribution in [0.1, 0.15) is 128 Å². The van der Waals surface area contributed by atoms with Crippen molar-refractivity contribution < 1.29 is 5.11 Å². The van der Waals surface area contributed by atoms with E-state index in [1.54, 1.807) is 10.9 Å². The summed E-state index contributed by atoms with van der Waals surface area (Å²) in [4.78, 5) is 38.1. The number of aliphatic hydroxyl groups is 1. The summed E-state index contributed by atoms with van der Waals surface area (Å²) >= 11 is 0. The average molecular weight is 854 g/mol. The first-order chi connectivity index (χ1) is 31.0. The number of nitrogens with one attached hydrogen (secondary N) is 2. The van der Waals surface area contributed by atoms with Crippen LogP contribution in [0.4, 0.5) is 0 Å². The van der Waals surface area contributed by atoms with Crippen LogP contribution in [0.3, 0.4) is 0 Å². The monoisotopic (exact) mass is 853 g/mol. The van der Waals surface area contributed by atoms with Gasteiger partial charge in [-0.3, -0.25) is 18.7 Å². The molecule has 13 rings (SSSR count). The molecule has 12 nitrogen and oxygen atoms in total. The number of aromatic amines is 2. The molecule has 6 heterocycles. The molecule has 1 spiro atoms. The second-order valence-electron chi connectivity index (χ2n) is 20.3. The Labute approximate surface area is 371 Å². The van der Waals surface area contributed by atoms with E-state index in [2.05, 4.69) is 94.4 Å². The molecule has 0 aliphatic heterocycles. The molecule has 0 amide bonds. The van der Waals surface area contributed by atoms with E-state index < -0.39 is 0 Å². The van der Waals surface area contributed by atoms with Gasteiger partial charge in [-0.2, -0.15) is 0 Å². The Morgan fingerprint density at radius 3 is 1.92 bits per heavy atom. The highest BCUT2D eigenvalue weighted by molar-refractivity contribution is 5.85. The van der Waals surface area contributed by atoms with E-state index in [0.717, 1.165) is 83.5 Å². The number of aromatic nitrogens is 9. The highest BCUT2D eigenvalue weighted by Gasteiger charge is 2.63. The predicted octanol–water partition coefficient (Wildman–Crippen LogP) is 8.63. The lowest BCUT2D eigenvalue weighted by Gasteiger charge is -2.48. The standard InChI is InChI=1S/C27H28N4O.C25H27N5O2/c1-17-13-30(2)25(29-17)27(15-26(16-27)9-10-26)19-4-3-5-20(12-19)31-14-22(18-6-7-18)21-8-11-28-23(21)24(31)32;1-15-10-25(11-15,24-28-26-14-29(24)2)17-4-3-5-19(8-17)30-12-21(16-6-7-16)20-9-18(13-31)27-22(20)23(30)32/h3-5,8,11-14,18,28H,6-7,9-10,15-16H2,1-2H3;3-5,8-9,12,14-16,27,31H,6-7,10-11,13H2,1-2H3. The van der Waals surface area contributed by atoms with Gasteiger partial charge < -0.3 is 24.2 Å². The average Bonchev–Trinajstić information content (AvgIpc) is 4.24. The Hall–Kier alpha value is -6.27. The minimum absolute atomic E-state index is 0.0284. The minimum atomic E-state index is -0.176. The second kappa shape index (κ2) is 14.1. The van der Waals surface area contributed by atoms with Crippen molar-refractivity contribution in [3.8, 4) is 11.4 Å². The number of imidazole rings is 1. The normalized spacial score (nSPS) is 21.7. The van der Waals surface area contributed by atoms with Gasteiger partial charge in [0.15, 0.2) is 0 Å². The molecule has 0 bridgehead atoms. The van der Waals surface area contributed by atoms with Crippen LogP contribution in [0.25, 0.3) is 33.2 Å². The molecule has 0 unspecified atom stereocenters. The molecule has 326 valence electrons. The van der Waals surface area contributed by atoms with Gasteiger partial charge in [-0.05, 0) is 153 Å². The third kappa shape index (κ3) is 6.15. The fraction of sp³-hybridized carbons (Fsp3) is 0.404. The zero-order chi connectivity index (χ0) is 43.7. The number of hydrogen-bond acceptors (Lipinski definition) is 6. The van der Waals surface area contributed by atoms with E-state index in [1.165, 1.54) is 47.9 Å². The van der Waals surface area contributed by atoms with E-state index in [0.29, 0.717) is 34.4 Å². The van der Waals surface area contributed by atoms with E-state index in [1.807, 2.05) is 52.8 Å². The summed E-state index contributed by atoms with van der Waals surface area (Å²) < 4.78 is 7.85. The van der Waals surface area contributed by atoms with Crippen LogP contribution in [-0.2, 0) is 31.5 Å². The summed E-state index contributed by atoms with van der Waals surface area (Å²) in [6.07, 6.45) is 21.6. The smallest absolute Gasteiger partial charge is 0.279 e. The number of nitrogens with zero attached hydrogens (tertiary/aromatic N) is 7. The SMILES string of the molecule is CC1CC(c2cccc(-n3cc(C4CC4)c4cc(CO)[nH]c4c3=O)c2)(c2nncn2C)C1.Cc1cn(C)c(C2(c3cccc(-n4cc(C5CC5)c5cc[nH]c5c4=O)c3)CC3(CC3)C2)n1. The number of benzene rings is 2. The summed E-state index contributed by atoms with van der Waals surface area (Å²) in [5.74, 6) is 3.81. The van der Waals surface area contributed by atoms with Gasteiger partial charge in [-0.25, -0.2) is 4.98 Å². The van der Waals surface area contributed by atoms with Crippen molar-refractivity contribution in [3.63, 3.8) is 0 Å². The lowest BCUT2D eigenvalue weighted by Crippen LogP contribution is -2.45. The quantitative estimate of drug-likeness (QED) is 0.133. The fourth-order valence-corrected chi connectivity index (χ4v) is 12.0. The molecule has 5 saturated carbocycles. The molecular weight excluding hydrogens is 799 g/mol. The number of aliphatic hydroxyl groups excluding tert-OH is 1. The molecular formula is C52H55N9O3. The van der Waals surface area contributed by atoms with Crippen molar-refractivity contribution in [2.24, 2.45) is 25.4 Å². The molecule has 12 heteroatoms. The molecule has 0 atom stereocenters. The van der Waals surface area contributed by atoms with Crippen molar-refractivity contribution in [1.29, 1.82) is 0 Å². The number of hydrogen-bond donors (Lipinski definition) is 3. The Balaban J connectivity index is 0.000000135. The van der Waals surface area contributed by atoms with E-state index in [4.69, 9.17) is 4.98 Å². The topological polar surface area (TPSA) is 144 Å². The van der Waals surface area contributed by atoms with Gasteiger partial charge in [0, 0.05) is 66.7 Å². The van der Waals surface area contributed by atoms with Gasteiger partial charge in [-0.15, -0.1) is 10.2 Å². The number of pyridine rings is 2. The van der Waals surface area contributed by atoms with Gasteiger partial charge >= 0.3 is 0 Å². The minimum Gasteiger partial charge on any atom is -0.390 e. The maximum absolute atomic E-state index is 13.5. The summed E-state index contributed by atoms with van der Waals surface area (Å²) in [7, 11) is 4.11. The zero-order valence-corrected chi connectivity index (χ0v) is 37.1. The molecule has 6 aromatic heterocycles. The molecule has 2 aromatic carbocycles. The van der Waals surface area contributed by atoms with Crippen LogP contribution in [0.15, 0.2) is 101 Å². The van der Waals surface area contributed by atoms with Crippen LogP contribution in [0.2, 0.25) is 0 Å². The van der Waals surface area contributed by atoms with Crippen molar-refractivity contribution in [2.75, 3.05) is 0 Å². The third-order valence-electron chi connectivity index (χ3n) is 15.5. The van der Waals surface area contributed by atoms with Crippen molar-refractivity contribution in [2.45, 2.75) is 107 Å². The molecule has 5 fully saturated rings. The zero-order valence-electron chi connectivity index (χ0n) is 37.1. The Bertz CT molecular complexity index is 3260. The highest BCUT2D eigenvalue weighted by Crippen LogP contribution is 2.70. The summed E-state index contributed by atoms with van der Waals surface area (Å²) in [6.45, 7) is 4.23. The molecule has 8 aromatic rings. The van der Waals surface area contributed by atoms with Gasteiger partial charge in [0.1, 0.15) is 29.0 Å². The molecule has 0 saturated heterocycles. The molecule has 3 N–H and O–H groups in total.